The van der Waals surface area contributed by atoms with Gasteiger partial charge >= 0.3 is 0 Å². The zero-order valence-electron chi connectivity index (χ0n) is 7.84. The fourth-order valence-corrected chi connectivity index (χ4v) is 1.18. The highest BCUT2D eigenvalue weighted by Crippen LogP contribution is 2.02. The minimum Gasteiger partial charge on any atom is -0.318 e. The lowest BCUT2D eigenvalue weighted by atomic mass is 10.4. The van der Waals surface area contributed by atoms with Crippen LogP contribution in [0.5, 0.6) is 0 Å². The van der Waals surface area contributed by atoms with E-state index in [0.717, 1.165) is 5.69 Å². The fourth-order valence-electron chi connectivity index (χ4n) is 1.18. The van der Waals surface area contributed by atoms with E-state index in [1.807, 2.05) is 30.6 Å². The molecule has 72 valence electrons. The molecule has 0 fully saturated rings. The highest BCUT2D eigenvalue weighted by Gasteiger charge is 1.94. The van der Waals surface area contributed by atoms with E-state index >= 15 is 0 Å². The third-order valence-electron chi connectivity index (χ3n) is 1.97. The summed E-state index contributed by atoms with van der Waals surface area (Å²) in [4.78, 5) is 11.3. The standard InChI is InChI=1S/C10H11N3O/c1-12-7-4-9(8-10(12)14)11-13-5-2-3-6-13/h2-8,11H,1H3. The summed E-state index contributed by atoms with van der Waals surface area (Å²) >= 11 is 0. The van der Waals surface area contributed by atoms with Crippen LogP contribution in [0.2, 0.25) is 0 Å². The zero-order chi connectivity index (χ0) is 9.97. The van der Waals surface area contributed by atoms with Crippen LogP contribution in [-0.2, 0) is 7.05 Å². The predicted octanol–water partition coefficient (Wildman–Crippen LogP) is 1.06. The summed E-state index contributed by atoms with van der Waals surface area (Å²) < 4.78 is 3.32. The summed E-state index contributed by atoms with van der Waals surface area (Å²) in [5.74, 6) is 0. The van der Waals surface area contributed by atoms with Gasteiger partial charge in [-0.05, 0) is 18.2 Å². The van der Waals surface area contributed by atoms with Crippen molar-refractivity contribution in [1.82, 2.24) is 9.24 Å². The van der Waals surface area contributed by atoms with Crippen molar-refractivity contribution < 1.29 is 0 Å². The minimum absolute atomic E-state index is 0.0258. The predicted molar refractivity (Wildman–Crippen MR) is 55.1 cm³/mol. The Morgan fingerprint density at radius 3 is 2.57 bits per heavy atom. The summed E-state index contributed by atoms with van der Waals surface area (Å²) in [6.45, 7) is 0. The lowest BCUT2D eigenvalue weighted by Gasteiger charge is -2.07. The first-order valence-electron chi connectivity index (χ1n) is 4.32. The van der Waals surface area contributed by atoms with Crippen LogP contribution < -0.4 is 11.0 Å². The molecule has 14 heavy (non-hydrogen) atoms. The van der Waals surface area contributed by atoms with Crippen LogP contribution >= 0.6 is 0 Å². The molecule has 4 heteroatoms. The van der Waals surface area contributed by atoms with Crippen LogP contribution in [-0.4, -0.2) is 9.24 Å². The fraction of sp³-hybridized carbons (Fsp3) is 0.100. The summed E-state index contributed by atoms with van der Waals surface area (Å²) in [6, 6.07) is 7.23. The molecular formula is C10H11N3O. The quantitative estimate of drug-likeness (QED) is 0.767. The molecule has 0 aliphatic carbocycles. The van der Waals surface area contributed by atoms with E-state index < -0.39 is 0 Å². The largest absolute Gasteiger partial charge is 0.318 e. The highest BCUT2D eigenvalue weighted by molar-refractivity contribution is 5.40. The number of pyridine rings is 1. The van der Waals surface area contributed by atoms with Gasteiger partial charge in [-0.15, -0.1) is 0 Å². The van der Waals surface area contributed by atoms with Gasteiger partial charge in [-0.2, -0.15) is 0 Å². The van der Waals surface area contributed by atoms with Crippen LogP contribution in [0.25, 0.3) is 0 Å². The molecule has 0 unspecified atom stereocenters. The monoisotopic (exact) mass is 189 g/mol. The maximum atomic E-state index is 11.3. The van der Waals surface area contributed by atoms with Crippen molar-refractivity contribution in [3.05, 3.63) is 53.2 Å². The molecule has 0 spiro atoms. The van der Waals surface area contributed by atoms with Gasteiger partial charge in [0.05, 0.1) is 5.69 Å². The molecule has 0 saturated carbocycles. The molecule has 0 saturated heterocycles. The molecular weight excluding hydrogens is 178 g/mol. The van der Waals surface area contributed by atoms with Gasteiger partial charge in [0.25, 0.3) is 5.56 Å². The van der Waals surface area contributed by atoms with Crippen LogP contribution in [0.3, 0.4) is 0 Å². The zero-order valence-corrected chi connectivity index (χ0v) is 7.84. The first kappa shape index (κ1) is 8.62. The number of aromatic nitrogens is 2. The molecule has 2 aromatic heterocycles. The topological polar surface area (TPSA) is 39.0 Å². The van der Waals surface area contributed by atoms with E-state index in [1.165, 1.54) is 4.57 Å². The Morgan fingerprint density at radius 2 is 1.93 bits per heavy atom. The third-order valence-corrected chi connectivity index (χ3v) is 1.97. The number of nitrogens with one attached hydrogen (secondary N) is 1. The van der Waals surface area contributed by atoms with E-state index in [-0.39, 0.29) is 5.56 Å². The number of hydrogen-bond donors (Lipinski definition) is 1. The molecule has 0 amide bonds. The molecule has 0 atom stereocenters. The van der Waals surface area contributed by atoms with Gasteiger partial charge < -0.3 is 4.57 Å². The molecule has 2 heterocycles. The summed E-state index contributed by atoms with van der Waals surface area (Å²) in [5.41, 5.74) is 3.81. The van der Waals surface area contributed by atoms with Crippen molar-refractivity contribution in [2.24, 2.45) is 7.05 Å². The van der Waals surface area contributed by atoms with Gasteiger partial charge in [-0.25, -0.2) is 0 Å². The van der Waals surface area contributed by atoms with Gasteiger partial charge in [0.1, 0.15) is 0 Å². The SMILES string of the molecule is Cn1ccc(Nn2cccc2)cc1=O. The molecule has 0 bridgehead atoms. The van der Waals surface area contributed by atoms with E-state index in [2.05, 4.69) is 5.43 Å². The smallest absolute Gasteiger partial charge is 0.252 e. The van der Waals surface area contributed by atoms with Crippen LogP contribution in [0.15, 0.2) is 47.7 Å². The van der Waals surface area contributed by atoms with Crippen molar-refractivity contribution in [2.45, 2.75) is 0 Å². The number of nitrogens with zero attached hydrogens (tertiary/aromatic N) is 2. The second kappa shape index (κ2) is 3.41. The van der Waals surface area contributed by atoms with Gasteiger partial charge in [0, 0.05) is 31.7 Å². The van der Waals surface area contributed by atoms with Gasteiger partial charge in [0.2, 0.25) is 0 Å². The average Bonchev–Trinajstić information content (AvgIpc) is 2.64. The summed E-state index contributed by atoms with van der Waals surface area (Å²) in [7, 11) is 1.72. The van der Waals surface area contributed by atoms with Crippen molar-refractivity contribution in [1.29, 1.82) is 0 Å². The Morgan fingerprint density at radius 1 is 1.21 bits per heavy atom. The van der Waals surface area contributed by atoms with Crippen LogP contribution in [0, 0.1) is 0 Å². The number of aryl methyl sites for hydroxylation is 1. The lowest BCUT2D eigenvalue weighted by molar-refractivity contribution is 0.856. The summed E-state index contributed by atoms with van der Waals surface area (Å²) in [5, 5.41) is 0. The molecule has 2 rings (SSSR count). The van der Waals surface area contributed by atoms with Gasteiger partial charge in [0.15, 0.2) is 0 Å². The Labute approximate surface area is 81.4 Å². The molecule has 0 aliphatic heterocycles. The van der Waals surface area contributed by atoms with E-state index in [1.54, 1.807) is 24.0 Å². The normalized spacial score (nSPS) is 10.1. The average molecular weight is 189 g/mol. The minimum atomic E-state index is -0.0258. The molecule has 2 aromatic rings. The van der Waals surface area contributed by atoms with Crippen molar-refractivity contribution in [2.75, 3.05) is 5.43 Å². The van der Waals surface area contributed by atoms with E-state index in [9.17, 15) is 4.79 Å². The Balaban J connectivity index is 2.26. The Bertz CT molecular complexity index is 470. The Kier molecular flexibility index (Phi) is 2.10. The van der Waals surface area contributed by atoms with Crippen molar-refractivity contribution >= 4 is 5.69 Å². The van der Waals surface area contributed by atoms with E-state index in [4.69, 9.17) is 0 Å². The first-order chi connectivity index (χ1) is 6.75. The van der Waals surface area contributed by atoms with Crippen LogP contribution in [0.1, 0.15) is 0 Å². The van der Waals surface area contributed by atoms with Crippen molar-refractivity contribution in [3.63, 3.8) is 0 Å². The highest BCUT2D eigenvalue weighted by atomic mass is 16.1. The Hall–Kier alpha value is -1.97. The molecule has 0 radical (unpaired) electrons. The molecule has 0 aromatic carbocycles. The molecule has 1 N–H and O–H groups in total. The number of rotatable bonds is 2. The maximum absolute atomic E-state index is 11.3. The molecule has 4 nitrogen and oxygen atoms in total. The van der Waals surface area contributed by atoms with Gasteiger partial charge in [-0.1, -0.05) is 0 Å². The van der Waals surface area contributed by atoms with Crippen LogP contribution in [0.4, 0.5) is 5.69 Å². The summed E-state index contributed by atoms with van der Waals surface area (Å²) in [6.07, 6.45) is 5.48. The molecule has 0 aliphatic rings. The van der Waals surface area contributed by atoms with Crippen molar-refractivity contribution in [3.8, 4) is 0 Å². The second-order valence-corrected chi connectivity index (χ2v) is 3.07. The second-order valence-electron chi connectivity index (χ2n) is 3.07. The third kappa shape index (κ3) is 1.69. The van der Waals surface area contributed by atoms with E-state index in [0.29, 0.717) is 0 Å². The maximum Gasteiger partial charge on any atom is 0.252 e. The first-order valence-corrected chi connectivity index (χ1v) is 4.32. The lowest BCUT2D eigenvalue weighted by Crippen LogP contribution is -2.16. The van der Waals surface area contributed by atoms with Gasteiger partial charge in [-0.3, -0.25) is 14.9 Å². The number of anilines is 1. The number of hydrogen-bond acceptors (Lipinski definition) is 2.